The highest BCUT2D eigenvalue weighted by atomic mass is 35.5. The summed E-state index contributed by atoms with van der Waals surface area (Å²) in [6.45, 7) is 0. The quantitative estimate of drug-likeness (QED) is 0.615. The van der Waals surface area contributed by atoms with Gasteiger partial charge in [0.05, 0.1) is 23.9 Å². The summed E-state index contributed by atoms with van der Waals surface area (Å²) in [6, 6.07) is 7.58. The summed E-state index contributed by atoms with van der Waals surface area (Å²) in [6.07, 6.45) is -4.51. The van der Waals surface area contributed by atoms with Crippen LogP contribution in [0.15, 0.2) is 36.4 Å². The van der Waals surface area contributed by atoms with E-state index in [-0.39, 0.29) is 22.0 Å². The molecule has 21 heavy (non-hydrogen) atoms. The van der Waals surface area contributed by atoms with Crippen LogP contribution in [0.2, 0.25) is 5.15 Å². The van der Waals surface area contributed by atoms with Gasteiger partial charge in [0.25, 0.3) is 0 Å². The largest absolute Gasteiger partial charge is 0.465 e. The molecule has 1 aromatic heterocycles. The number of carbonyl (C=O) groups excluding carboxylic acids is 1. The van der Waals surface area contributed by atoms with Crippen LogP contribution in [-0.4, -0.2) is 18.1 Å². The van der Waals surface area contributed by atoms with Crippen molar-refractivity contribution in [1.29, 1.82) is 0 Å². The van der Waals surface area contributed by atoms with Crippen molar-refractivity contribution in [3.05, 3.63) is 52.7 Å². The van der Waals surface area contributed by atoms with Gasteiger partial charge in [-0.25, -0.2) is 9.78 Å². The first-order chi connectivity index (χ1) is 9.84. The van der Waals surface area contributed by atoms with E-state index in [9.17, 15) is 18.0 Å². The van der Waals surface area contributed by atoms with Crippen LogP contribution in [0, 0.1) is 0 Å². The Labute approximate surface area is 123 Å². The van der Waals surface area contributed by atoms with Crippen LogP contribution >= 0.6 is 11.6 Å². The smallest absolute Gasteiger partial charge is 0.417 e. The highest BCUT2D eigenvalue weighted by Gasteiger charge is 2.33. The van der Waals surface area contributed by atoms with Gasteiger partial charge in [-0.3, -0.25) is 0 Å². The number of benzene rings is 1. The molecule has 0 spiro atoms. The van der Waals surface area contributed by atoms with Crippen LogP contribution in [-0.2, 0) is 10.9 Å². The van der Waals surface area contributed by atoms with Crippen LogP contribution in [0.3, 0.4) is 0 Å². The molecule has 0 bridgehead atoms. The van der Waals surface area contributed by atoms with E-state index in [1.54, 1.807) is 0 Å². The zero-order chi connectivity index (χ0) is 15.6. The molecule has 0 fully saturated rings. The van der Waals surface area contributed by atoms with Crippen molar-refractivity contribution in [2.45, 2.75) is 6.18 Å². The van der Waals surface area contributed by atoms with E-state index in [1.165, 1.54) is 37.4 Å². The summed E-state index contributed by atoms with van der Waals surface area (Å²) in [4.78, 5) is 15.2. The standard InChI is InChI=1S/C14H9ClF3NO2/c1-21-13(20)9-6-7-11(19-12(9)15)8-4-2-3-5-10(8)14(16,17)18/h2-7H,1H3. The van der Waals surface area contributed by atoms with E-state index in [0.29, 0.717) is 0 Å². The van der Waals surface area contributed by atoms with Crippen molar-refractivity contribution in [3.8, 4) is 11.3 Å². The molecule has 2 aromatic rings. The molecule has 0 atom stereocenters. The number of halogens is 4. The minimum Gasteiger partial charge on any atom is -0.465 e. The maximum atomic E-state index is 13.0. The van der Waals surface area contributed by atoms with Gasteiger partial charge < -0.3 is 4.74 Å². The van der Waals surface area contributed by atoms with Gasteiger partial charge in [-0.05, 0) is 18.2 Å². The van der Waals surface area contributed by atoms with E-state index in [1.807, 2.05) is 0 Å². The highest BCUT2D eigenvalue weighted by molar-refractivity contribution is 6.32. The maximum Gasteiger partial charge on any atom is 0.417 e. The lowest BCUT2D eigenvalue weighted by Gasteiger charge is -2.12. The highest BCUT2D eigenvalue weighted by Crippen LogP contribution is 2.36. The predicted molar refractivity (Wildman–Crippen MR) is 71.0 cm³/mol. The summed E-state index contributed by atoms with van der Waals surface area (Å²) >= 11 is 5.83. The first-order valence-electron chi connectivity index (χ1n) is 5.76. The number of methoxy groups -OCH3 is 1. The number of hydrogen-bond acceptors (Lipinski definition) is 3. The van der Waals surface area contributed by atoms with Gasteiger partial charge in [-0.2, -0.15) is 13.2 Å². The number of hydrogen-bond donors (Lipinski definition) is 0. The summed E-state index contributed by atoms with van der Waals surface area (Å²) in [7, 11) is 1.17. The number of esters is 1. The minimum atomic E-state index is -4.51. The molecule has 7 heteroatoms. The second-order valence-electron chi connectivity index (χ2n) is 4.07. The van der Waals surface area contributed by atoms with Crippen molar-refractivity contribution >= 4 is 17.6 Å². The van der Waals surface area contributed by atoms with Crippen LogP contribution < -0.4 is 0 Å². The number of carbonyl (C=O) groups is 1. The molecule has 1 aromatic carbocycles. The monoisotopic (exact) mass is 315 g/mol. The molecule has 0 aliphatic carbocycles. The van der Waals surface area contributed by atoms with Crippen LogP contribution in [0.1, 0.15) is 15.9 Å². The molecule has 1 heterocycles. The van der Waals surface area contributed by atoms with Gasteiger partial charge in [-0.15, -0.1) is 0 Å². The Kier molecular flexibility index (Phi) is 4.18. The number of alkyl halides is 3. The lowest BCUT2D eigenvalue weighted by Crippen LogP contribution is -2.08. The fourth-order valence-corrected chi connectivity index (χ4v) is 2.03. The molecule has 2 rings (SSSR count). The number of aromatic nitrogens is 1. The Balaban J connectivity index is 2.54. The lowest BCUT2D eigenvalue weighted by molar-refractivity contribution is -0.137. The number of ether oxygens (including phenoxy) is 1. The van der Waals surface area contributed by atoms with Crippen molar-refractivity contribution in [2.24, 2.45) is 0 Å². The van der Waals surface area contributed by atoms with Crippen molar-refractivity contribution in [3.63, 3.8) is 0 Å². The zero-order valence-corrected chi connectivity index (χ0v) is 11.5. The van der Waals surface area contributed by atoms with E-state index in [0.717, 1.165) is 6.07 Å². The molecule has 0 N–H and O–H groups in total. The Hall–Kier alpha value is -2.08. The fourth-order valence-electron chi connectivity index (χ4n) is 1.80. The third-order valence-corrected chi connectivity index (χ3v) is 3.05. The lowest BCUT2D eigenvalue weighted by atomic mass is 10.0. The van der Waals surface area contributed by atoms with Crippen molar-refractivity contribution in [1.82, 2.24) is 4.98 Å². The summed E-state index contributed by atoms with van der Waals surface area (Å²) in [5, 5.41) is -0.212. The van der Waals surface area contributed by atoms with Gasteiger partial charge in [0.2, 0.25) is 0 Å². The molecule has 0 aliphatic heterocycles. The number of nitrogens with zero attached hydrogens (tertiary/aromatic N) is 1. The van der Waals surface area contributed by atoms with E-state index >= 15 is 0 Å². The molecule has 0 aliphatic rings. The molecular formula is C14H9ClF3NO2. The van der Waals surface area contributed by atoms with Gasteiger partial charge in [-0.1, -0.05) is 29.8 Å². The van der Waals surface area contributed by atoms with Crippen molar-refractivity contribution < 1.29 is 22.7 Å². The van der Waals surface area contributed by atoms with Crippen LogP contribution in [0.4, 0.5) is 13.2 Å². The summed E-state index contributed by atoms with van der Waals surface area (Å²) < 4.78 is 43.4. The fraction of sp³-hybridized carbons (Fsp3) is 0.143. The van der Waals surface area contributed by atoms with Gasteiger partial charge in [0.15, 0.2) is 0 Å². The third-order valence-electron chi connectivity index (χ3n) is 2.76. The Morgan fingerprint density at radius 3 is 2.43 bits per heavy atom. The second kappa shape index (κ2) is 5.73. The average molecular weight is 316 g/mol. The average Bonchev–Trinajstić information content (AvgIpc) is 2.45. The molecule has 0 amide bonds. The third kappa shape index (κ3) is 3.16. The molecule has 0 radical (unpaired) electrons. The van der Waals surface area contributed by atoms with E-state index in [2.05, 4.69) is 9.72 Å². The minimum absolute atomic E-state index is 0.00703. The summed E-state index contributed by atoms with van der Waals surface area (Å²) in [5.74, 6) is -0.705. The molecule has 110 valence electrons. The molecule has 3 nitrogen and oxygen atoms in total. The Morgan fingerprint density at radius 2 is 1.86 bits per heavy atom. The maximum absolute atomic E-state index is 13.0. The van der Waals surface area contributed by atoms with Crippen molar-refractivity contribution in [2.75, 3.05) is 7.11 Å². The predicted octanol–water partition coefficient (Wildman–Crippen LogP) is 4.21. The van der Waals surface area contributed by atoms with E-state index in [4.69, 9.17) is 11.6 Å². The van der Waals surface area contributed by atoms with Gasteiger partial charge >= 0.3 is 12.1 Å². The van der Waals surface area contributed by atoms with E-state index < -0.39 is 17.7 Å². The van der Waals surface area contributed by atoms with Crippen LogP contribution in [0.25, 0.3) is 11.3 Å². The van der Waals surface area contributed by atoms with Crippen LogP contribution in [0.5, 0.6) is 0 Å². The summed E-state index contributed by atoms with van der Waals surface area (Å²) in [5.41, 5.74) is -0.907. The first-order valence-corrected chi connectivity index (χ1v) is 6.14. The normalized spacial score (nSPS) is 11.3. The zero-order valence-electron chi connectivity index (χ0n) is 10.7. The Bertz CT molecular complexity index is 686. The molecule has 0 unspecified atom stereocenters. The molecule has 0 saturated carbocycles. The Morgan fingerprint density at radius 1 is 1.19 bits per heavy atom. The SMILES string of the molecule is COC(=O)c1ccc(-c2ccccc2C(F)(F)F)nc1Cl. The number of rotatable bonds is 2. The molecule has 0 saturated heterocycles. The number of pyridine rings is 1. The topological polar surface area (TPSA) is 39.2 Å². The second-order valence-corrected chi connectivity index (χ2v) is 4.43. The van der Waals surface area contributed by atoms with Gasteiger partial charge in [0.1, 0.15) is 5.15 Å². The molecular weight excluding hydrogens is 307 g/mol. The van der Waals surface area contributed by atoms with Gasteiger partial charge in [0, 0.05) is 5.56 Å². The first kappa shape index (κ1) is 15.3.